The molecule has 1 unspecified atom stereocenters. The molecule has 1 saturated heterocycles. The van der Waals surface area contributed by atoms with Gasteiger partial charge in [0.15, 0.2) is 5.96 Å². The van der Waals surface area contributed by atoms with E-state index in [1.54, 1.807) is 7.11 Å². The molecule has 1 heterocycles. The van der Waals surface area contributed by atoms with Crippen LogP contribution in [0.15, 0.2) is 23.2 Å². The number of nitrogens with zero attached hydrogens (tertiary/aromatic N) is 2. The van der Waals surface area contributed by atoms with Crippen molar-refractivity contribution in [2.75, 3.05) is 40.0 Å². The molecule has 24 heavy (non-hydrogen) atoms. The molecule has 1 aliphatic heterocycles. The number of benzene rings is 1. The molecule has 5 nitrogen and oxygen atoms in total. The fourth-order valence-corrected chi connectivity index (χ4v) is 3.12. The zero-order chi connectivity index (χ0) is 17.4. The molecule has 0 aromatic heterocycles. The minimum absolute atomic E-state index is 0.603. The highest BCUT2D eigenvalue weighted by Gasteiger charge is 2.24. The van der Waals surface area contributed by atoms with E-state index in [0.717, 1.165) is 43.5 Å². The second-order valence-corrected chi connectivity index (χ2v) is 6.26. The summed E-state index contributed by atoms with van der Waals surface area (Å²) in [4.78, 5) is 7.17. The van der Waals surface area contributed by atoms with Gasteiger partial charge in [-0.2, -0.15) is 0 Å². The molecule has 1 aromatic carbocycles. The maximum atomic E-state index is 5.60. The van der Waals surface area contributed by atoms with Crippen molar-refractivity contribution in [2.45, 2.75) is 33.7 Å². The predicted octanol–water partition coefficient (Wildman–Crippen LogP) is 2.83. The van der Waals surface area contributed by atoms with Gasteiger partial charge in [-0.05, 0) is 44.4 Å². The van der Waals surface area contributed by atoms with Gasteiger partial charge in [0.05, 0.1) is 19.8 Å². The Labute approximate surface area is 146 Å². The van der Waals surface area contributed by atoms with E-state index in [4.69, 9.17) is 14.5 Å². The Morgan fingerprint density at radius 1 is 1.38 bits per heavy atom. The molecule has 5 heteroatoms. The fraction of sp³-hybridized carbons (Fsp3) is 0.632. The largest absolute Gasteiger partial charge is 0.494 e. The van der Waals surface area contributed by atoms with Gasteiger partial charge in [0, 0.05) is 32.7 Å². The van der Waals surface area contributed by atoms with Crippen molar-refractivity contribution < 1.29 is 9.47 Å². The van der Waals surface area contributed by atoms with Crippen LogP contribution in [0, 0.1) is 12.8 Å². The van der Waals surface area contributed by atoms with Gasteiger partial charge >= 0.3 is 0 Å². The molecule has 2 rings (SSSR count). The van der Waals surface area contributed by atoms with E-state index in [0.29, 0.717) is 19.1 Å². The van der Waals surface area contributed by atoms with Crippen LogP contribution in [-0.2, 0) is 11.3 Å². The Morgan fingerprint density at radius 3 is 2.88 bits per heavy atom. The van der Waals surface area contributed by atoms with Crippen LogP contribution in [0.5, 0.6) is 5.75 Å². The molecule has 1 aliphatic rings. The first-order valence-electron chi connectivity index (χ1n) is 8.92. The van der Waals surface area contributed by atoms with E-state index in [1.807, 2.05) is 13.0 Å². The number of rotatable bonds is 7. The van der Waals surface area contributed by atoms with Crippen molar-refractivity contribution >= 4 is 5.96 Å². The molecule has 1 atom stereocenters. The highest BCUT2D eigenvalue weighted by Crippen LogP contribution is 2.20. The molecule has 0 aliphatic carbocycles. The van der Waals surface area contributed by atoms with Crippen LogP contribution in [0.2, 0.25) is 0 Å². The molecular weight excluding hydrogens is 302 g/mol. The first kappa shape index (κ1) is 18.6. The quantitative estimate of drug-likeness (QED) is 0.616. The second kappa shape index (κ2) is 9.52. The van der Waals surface area contributed by atoms with Gasteiger partial charge < -0.3 is 19.7 Å². The van der Waals surface area contributed by atoms with Crippen molar-refractivity contribution in [3.63, 3.8) is 0 Å². The molecule has 1 aromatic rings. The predicted molar refractivity (Wildman–Crippen MR) is 98.7 cm³/mol. The number of likely N-dealkylation sites (tertiary alicyclic amines) is 1. The van der Waals surface area contributed by atoms with Crippen LogP contribution in [0.1, 0.15) is 31.4 Å². The lowest BCUT2D eigenvalue weighted by Crippen LogP contribution is -2.40. The summed E-state index contributed by atoms with van der Waals surface area (Å²) < 4.78 is 10.9. The van der Waals surface area contributed by atoms with Crippen molar-refractivity contribution in [3.8, 4) is 5.75 Å². The van der Waals surface area contributed by atoms with Crippen molar-refractivity contribution in [1.82, 2.24) is 10.2 Å². The molecule has 1 N–H and O–H groups in total. The Morgan fingerprint density at radius 2 is 2.21 bits per heavy atom. The molecule has 1 fully saturated rings. The van der Waals surface area contributed by atoms with Crippen LogP contribution >= 0.6 is 0 Å². The molecular formula is C19H31N3O2. The highest BCUT2D eigenvalue weighted by molar-refractivity contribution is 5.80. The van der Waals surface area contributed by atoms with Crippen LogP contribution in [0.3, 0.4) is 0 Å². The summed E-state index contributed by atoms with van der Waals surface area (Å²) in [5, 5.41) is 3.41. The van der Waals surface area contributed by atoms with E-state index in [1.165, 1.54) is 12.0 Å². The van der Waals surface area contributed by atoms with Gasteiger partial charge in [0.2, 0.25) is 0 Å². The summed E-state index contributed by atoms with van der Waals surface area (Å²) in [7, 11) is 1.77. The van der Waals surface area contributed by atoms with Gasteiger partial charge in [-0.25, -0.2) is 4.99 Å². The van der Waals surface area contributed by atoms with E-state index in [2.05, 4.69) is 36.2 Å². The van der Waals surface area contributed by atoms with Crippen LogP contribution in [0.4, 0.5) is 0 Å². The normalized spacial score (nSPS) is 18.1. The van der Waals surface area contributed by atoms with E-state index < -0.39 is 0 Å². The number of aliphatic imine (C=N–C) groups is 1. The van der Waals surface area contributed by atoms with E-state index in [9.17, 15) is 0 Å². The number of hydrogen-bond donors (Lipinski definition) is 1. The third-order valence-corrected chi connectivity index (χ3v) is 4.27. The summed E-state index contributed by atoms with van der Waals surface area (Å²) in [6.07, 6.45) is 1.17. The molecule has 134 valence electrons. The number of guanidine groups is 1. The van der Waals surface area contributed by atoms with E-state index in [-0.39, 0.29) is 0 Å². The molecule has 0 radical (unpaired) electrons. The third-order valence-electron chi connectivity index (χ3n) is 4.27. The smallest absolute Gasteiger partial charge is 0.194 e. The molecule has 0 spiro atoms. The van der Waals surface area contributed by atoms with Crippen LogP contribution in [0.25, 0.3) is 0 Å². The lowest BCUT2D eigenvalue weighted by molar-refractivity contribution is 0.157. The number of methoxy groups -OCH3 is 1. The summed E-state index contributed by atoms with van der Waals surface area (Å²) in [5.74, 6) is 2.56. The molecule has 0 bridgehead atoms. The summed E-state index contributed by atoms with van der Waals surface area (Å²) in [6.45, 7) is 11.3. The summed E-state index contributed by atoms with van der Waals surface area (Å²) in [6, 6.07) is 6.31. The average molecular weight is 333 g/mol. The monoisotopic (exact) mass is 333 g/mol. The Hall–Kier alpha value is -1.75. The standard InChI is InChI=1S/C19H31N3O2/c1-5-20-19(22-10-9-17(13-22)14-23-4)21-12-16-7-8-18(24-6-2)15(3)11-16/h7-8,11,17H,5-6,9-10,12-14H2,1-4H3,(H,20,21). The maximum Gasteiger partial charge on any atom is 0.194 e. The lowest BCUT2D eigenvalue weighted by Gasteiger charge is -2.21. The van der Waals surface area contributed by atoms with Gasteiger partial charge in [0.1, 0.15) is 5.75 Å². The first-order chi connectivity index (χ1) is 11.7. The highest BCUT2D eigenvalue weighted by atomic mass is 16.5. The van der Waals surface area contributed by atoms with Crippen molar-refractivity contribution in [2.24, 2.45) is 10.9 Å². The fourth-order valence-electron chi connectivity index (χ4n) is 3.12. The zero-order valence-corrected chi connectivity index (χ0v) is 15.5. The Bertz CT molecular complexity index is 545. The van der Waals surface area contributed by atoms with Gasteiger partial charge in [-0.1, -0.05) is 12.1 Å². The molecule has 0 saturated carbocycles. The number of hydrogen-bond acceptors (Lipinski definition) is 3. The zero-order valence-electron chi connectivity index (χ0n) is 15.5. The topological polar surface area (TPSA) is 46.1 Å². The van der Waals surface area contributed by atoms with Gasteiger partial charge in [-0.3, -0.25) is 0 Å². The average Bonchev–Trinajstić information content (AvgIpc) is 3.03. The second-order valence-electron chi connectivity index (χ2n) is 6.26. The third kappa shape index (κ3) is 5.13. The Balaban J connectivity index is 2.02. The number of ether oxygens (including phenoxy) is 2. The first-order valence-corrected chi connectivity index (χ1v) is 8.92. The number of nitrogens with one attached hydrogen (secondary N) is 1. The number of aryl methyl sites for hydroxylation is 1. The SMILES string of the molecule is CCNC(=NCc1ccc(OCC)c(C)c1)N1CCC(COC)C1. The van der Waals surface area contributed by atoms with Crippen LogP contribution in [-0.4, -0.2) is 50.8 Å². The lowest BCUT2D eigenvalue weighted by atomic mass is 10.1. The van der Waals surface area contributed by atoms with Crippen LogP contribution < -0.4 is 10.1 Å². The minimum Gasteiger partial charge on any atom is -0.494 e. The Kier molecular flexibility index (Phi) is 7.37. The van der Waals surface area contributed by atoms with Crippen molar-refractivity contribution in [1.29, 1.82) is 0 Å². The van der Waals surface area contributed by atoms with E-state index >= 15 is 0 Å². The summed E-state index contributed by atoms with van der Waals surface area (Å²) >= 11 is 0. The van der Waals surface area contributed by atoms with Gasteiger partial charge in [-0.15, -0.1) is 0 Å². The van der Waals surface area contributed by atoms with Crippen molar-refractivity contribution in [3.05, 3.63) is 29.3 Å². The summed E-state index contributed by atoms with van der Waals surface area (Å²) in [5.41, 5.74) is 2.37. The molecule has 0 amide bonds. The minimum atomic E-state index is 0.603. The maximum absolute atomic E-state index is 5.60. The van der Waals surface area contributed by atoms with Gasteiger partial charge in [0.25, 0.3) is 0 Å².